The van der Waals surface area contributed by atoms with Crippen molar-refractivity contribution in [3.05, 3.63) is 70.8 Å². The van der Waals surface area contributed by atoms with Gasteiger partial charge in [0.1, 0.15) is 0 Å². The monoisotopic (exact) mass is 430 g/mol. The van der Waals surface area contributed by atoms with E-state index in [1.165, 1.54) is 22.3 Å². The van der Waals surface area contributed by atoms with Crippen LogP contribution in [-0.2, 0) is 22.8 Å². The van der Waals surface area contributed by atoms with Crippen molar-refractivity contribution in [2.75, 3.05) is 0 Å². The van der Waals surface area contributed by atoms with Crippen LogP contribution >= 0.6 is 0 Å². The van der Waals surface area contributed by atoms with Crippen LogP contribution in [0.25, 0.3) is 0 Å². The Morgan fingerprint density at radius 1 is 0.625 bits per heavy atom. The molecule has 0 amide bonds. The zero-order chi connectivity index (χ0) is 18.0. The Morgan fingerprint density at radius 2 is 0.917 bits per heavy atom. The quantitative estimate of drug-likeness (QED) is 0.582. The van der Waals surface area contributed by atoms with Crippen LogP contribution in [0.1, 0.15) is 63.8 Å². The predicted molar refractivity (Wildman–Crippen MR) is 104 cm³/mol. The molecule has 24 heavy (non-hydrogen) atoms. The van der Waals surface area contributed by atoms with Crippen molar-refractivity contribution in [3.63, 3.8) is 0 Å². The molecule has 0 atom stereocenters. The van der Waals surface area contributed by atoms with Gasteiger partial charge >= 0.3 is 155 Å². The first-order valence-electron chi connectivity index (χ1n) is 8.76. The molecule has 0 fully saturated rings. The van der Waals surface area contributed by atoms with E-state index in [9.17, 15) is 3.08 Å². The van der Waals surface area contributed by atoms with Gasteiger partial charge in [0, 0.05) is 0 Å². The Bertz CT molecular complexity index is 621. The van der Waals surface area contributed by atoms with Crippen molar-refractivity contribution < 1.29 is 3.08 Å². The maximum atomic E-state index is 12.6. The molecule has 2 heteroatoms. The van der Waals surface area contributed by atoms with Gasteiger partial charge in [-0.05, 0) is 0 Å². The van der Waals surface area contributed by atoms with E-state index < -0.39 is 19.7 Å². The van der Waals surface area contributed by atoms with Crippen LogP contribution in [0.3, 0.4) is 0 Å². The SMILES string of the molecule is CC(C)(C)c1ccc([CH2][Sn](=[O])[CH2]c2ccc(C(C)(C)C)cc2)cc1. The summed E-state index contributed by atoms with van der Waals surface area (Å²) in [7, 11) is 0. The van der Waals surface area contributed by atoms with Crippen LogP contribution in [0, 0.1) is 0 Å². The molecule has 2 rings (SSSR count). The van der Waals surface area contributed by atoms with E-state index in [4.69, 9.17) is 0 Å². The third-order valence-electron chi connectivity index (χ3n) is 4.44. The molecule has 0 bridgehead atoms. The van der Waals surface area contributed by atoms with Gasteiger partial charge < -0.3 is 0 Å². The normalized spacial score (nSPS) is 12.2. The summed E-state index contributed by atoms with van der Waals surface area (Å²) in [6, 6.07) is 17.4. The molecule has 0 saturated carbocycles. The molecule has 0 heterocycles. The van der Waals surface area contributed by atoms with Crippen molar-refractivity contribution in [1.82, 2.24) is 0 Å². The third kappa shape index (κ3) is 5.54. The summed E-state index contributed by atoms with van der Waals surface area (Å²) in [6.07, 6.45) is 0. The van der Waals surface area contributed by atoms with E-state index in [-0.39, 0.29) is 10.8 Å². The molecular formula is C22H30OSn. The molecule has 0 aliphatic rings. The van der Waals surface area contributed by atoms with Gasteiger partial charge in [0.05, 0.1) is 0 Å². The summed E-state index contributed by atoms with van der Waals surface area (Å²) in [5, 5.41) is 0. The number of rotatable bonds is 4. The van der Waals surface area contributed by atoms with Crippen molar-refractivity contribution in [2.24, 2.45) is 0 Å². The van der Waals surface area contributed by atoms with E-state index in [0.717, 1.165) is 8.87 Å². The fourth-order valence-corrected chi connectivity index (χ4v) is 7.06. The summed E-state index contributed by atoms with van der Waals surface area (Å²) >= 11 is -2.62. The van der Waals surface area contributed by atoms with Gasteiger partial charge in [-0.25, -0.2) is 0 Å². The Kier molecular flexibility index (Phi) is 6.06. The van der Waals surface area contributed by atoms with Gasteiger partial charge in [0.15, 0.2) is 0 Å². The molecule has 0 aromatic heterocycles. The van der Waals surface area contributed by atoms with E-state index in [1.807, 2.05) is 0 Å². The zero-order valence-corrected chi connectivity index (χ0v) is 18.8. The maximum absolute atomic E-state index is 12.6. The second-order valence-electron chi connectivity index (χ2n) is 8.79. The van der Waals surface area contributed by atoms with Crippen LogP contribution in [0.15, 0.2) is 48.5 Å². The Labute approximate surface area is 154 Å². The van der Waals surface area contributed by atoms with Crippen LogP contribution in [-0.4, -0.2) is 19.7 Å². The van der Waals surface area contributed by atoms with Gasteiger partial charge in [0.25, 0.3) is 0 Å². The summed E-state index contributed by atoms with van der Waals surface area (Å²) in [4.78, 5) is 0. The van der Waals surface area contributed by atoms with Crippen LogP contribution < -0.4 is 0 Å². The Balaban J connectivity index is 1.98. The fourth-order valence-electron chi connectivity index (χ4n) is 2.76. The Hall–Kier alpha value is -0.961. The minimum absolute atomic E-state index is 0.173. The van der Waals surface area contributed by atoms with Crippen molar-refractivity contribution >= 4 is 19.7 Å². The third-order valence-corrected chi connectivity index (χ3v) is 9.02. The van der Waals surface area contributed by atoms with Gasteiger partial charge in [-0.2, -0.15) is 0 Å². The summed E-state index contributed by atoms with van der Waals surface area (Å²) in [6.45, 7) is 13.3. The average Bonchev–Trinajstić information content (AvgIpc) is 2.46. The molecule has 1 nitrogen and oxygen atoms in total. The van der Waals surface area contributed by atoms with Crippen LogP contribution in [0.2, 0.25) is 0 Å². The van der Waals surface area contributed by atoms with Gasteiger partial charge in [-0.15, -0.1) is 0 Å². The van der Waals surface area contributed by atoms with Crippen molar-refractivity contribution in [3.8, 4) is 0 Å². The number of hydrogen-bond donors (Lipinski definition) is 0. The molecule has 0 aliphatic heterocycles. The average molecular weight is 429 g/mol. The van der Waals surface area contributed by atoms with E-state index >= 15 is 0 Å². The topological polar surface area (TPSA) is 17.1 Å². The summed E-state index contributed by atoms with van der Waals surface area (Å²) < 4.78 is 14.2. The Morgan fingerprint density at radius 3 is 1.17 bits per heavy atom. The van der Waals surface area contributed by atoms with Crippen molar-refractivity contribution in [1.29, 1.82) is 0 Å². The second kappa shape index (κ2) is 7.51. The van der Waals surface area contributed by atoms with E-state index in [1.54, 1.807) is 0 Å². The molecule has 0 spiro atoms. The molecule has 0 N–H and O–H groups in total. The molecular weight excluding hydrogens is 399 g/mol. The predicted octanol–water partition coefficient (Wildman–Crippen LogP) is 5.57. The first kappa shape index (κ1) is 19.4. The van der Waals surface area contributed by atoms with Crippen LogP contribution in [0.4, 0.5) is 0 Å². The molecule has 2 aromatic rings. The van der Waals surface area contributed by atoms with E-state index in [0.29, 0.717) is 0 Å². The molecule has 128 valence electrons. The van der Waals surface area contributed by atoms with E-state index in [2.05, 4.69) is 90.1 Å². The van der Waals surface area contributed by atoms with Gasteiger partial charge in [-0.1, -0.05) is 0 Å². The van der Waals surface area contributed by atoms with Gasteiger partial charge in [-0.3, -0.25) is 0 Å². The standard InChI is InChI=1S/2C11H15.O.Sn/c2*1-9-5-7-10(8-6-9)11(2,3)4;;/h2*5-8H,1H2,2-4H3;;. The molecule has 0 saturated heterocycles. The fraction of sp³-hybridized carbons (Fsp3) is 0.455. The minimum atomic E-state index is -2.62. The molecule has 2 aromatic carbocycles. The number of hydrogen-bond acceptors (Lipinski definition) is 1. The molecule has 0 unspecified atom stereocenters. The molecule has 0 aliphatic carbocycles. The first-order chi connectivity index (χ1) is 11.1. The summed E-state index contributed by atoms with van der Waals surface area (Å²) in [5.41, 5.74) is 5.45. The molecule has 0 radical (unpaired) electrons. The zero-order valence-electron chi connectivity index (χ0n) is 15.9. The van der Waals surface area contributed by atoms with Gasteiger partial charge in [0.2, 0.25) is 0 Å². The first-order valence-corrected chi connectivity index (χ1v) is 14.0. The second-order valence-corrected chi connectivity index (χ2v) is 13.9. The summed E-state index contributed by atoms with van der Waals surface area (Å²) in [5.74, 6) is 0. The van der Waals surface area contributed by atoms with Crippen LogP contribution in [0.5, 0.6) is 0 Å². The van der Waals surface area contributed by atoms with Crippen molar-refractivity contribution in [2.45, 2.75) is 61.2 Å². The number of benzene rings is 2.